The Hall–Kier alpha value is -1.63. The molecule has 5 nitrogen and oxygen atoms in total. The van der Waals surface area contributed by atoms with Gasteiger partial charge in [0, 0.05) is 12.6 Å². The van der Waals surface area contributed by atoms with E-state index < -0.39 is 5.66 Å². The normalized spacial score (nSPS) is 34.4. The lowest BCUT2D eigenvalue weighted by Crippen LogP contribution is -2.68. The molecule has 4 atom stereocenters. The molecule has 1 aromatic heterocycles. The predicted molar refractivity (Wildman–Crippen MR) is 101 cm³/mol. The van der Waals surface area contributed by atoms with Gasteiger partial charge >= 0.3 is 0 Å². The Morgan fingerprint density at radius 3 is 2.85 bits per heavy atom. The van der Waals surface area contributed by atoms with Crippen molar-refractivity contribution < 1.29 is 9.59 Å². The molecule has 3 fully saturated rings. The van der Waals surface area contributed by atoms with Gasteiger partial charge in [0.05, 0.1) is 16.3 Å². The Morgan fingerprint density at radius 2 is 2.12 bits per heavy atom. The zero-order chi connectivity index (χ0) is 17.7. The van der Waals surface area contributed by atoms with Gasteiger partial charge in [0.2, 0.25) is 5.78 Å². The van der Waals surface area contributed by atoms with E-state index in [0.29, 0.717) is 17.0 Å². The molecule has 0 radical (unpaired) electrons. The molecule has 2 aliphatic heterocycles. The molecule has 1 saturated carbocycles. The molecule has 26 heavy (non-hydrogen) atoms. The van der Waals surface area contributed by atoms with Crippen molar-refractivity contribution >= 4 is 33.6 Å². The van der Waals surface area contributed by atoms with Crippen molar-refractivity contribution in [2.24, 2.45) is 5.92 Å². The van der Waals surface area contributed by atoms with Crippen LogP contribution in [0.1, 0.15) is 48.3 Å². The maximum absolute atomic E-state index is 13.1. The minimum absolute atomic E-state index is 0.0651. The second-order valence-corrected chi connectivity index (χ2v) is 8.92. The number of nitrogens with zero attached hydrogens (tertiary/aromatic N) is 2. The van der Waals surface area contributed by atoms with Gasteiger partial charge in [-0.3, -0.25) is 19.8 Å². The summed E-state index contributed by atoms with van der Waals surface area (Å²) in [7, 11) is 0. The van der Waals surface area contributed by atoms with Crippen LogP contribution in [-0.2, 0) is 4.79 Å². The Bertz CT molecular complexity index is 817. The van der Waals surface area contributed by atoms with Crippen LogP contribution < -0.4 is 5.32 Å². The van der Waals surface area contributed by atoms with Crippen molar-refractivity contribution in [2.75, 3.05) is 6.54 Å². The highest BCUT2D eigenvalue weighted by molar-refractivity contribution is 7.20. The second-order valence-electron chi connectivity index (χ2n) is 7.89. The van der Waals surface area contributed by atoms with Gasteiger partial charge in [-0.05, 0) is 43.7 Å². The highest BCUT2D eigenvalue weighted by Gasteiger charge is 2.54. The first-order valence-electron chi connectivity index (χ1n) is 9.61. The number of hydrogen-bond acceptors (Lipinski definition) is 6. The molecular formula is C20H23N3O2S. The Morgan fingerprint density at radius 1 is 1.27 bits per heavy atom. The van der Waals surface area contributed by atoms with Gasteiger partial charge in [-0.2, -0.15) is 0 Å². The molecule has 1 aliphatic carbocycles. The number of nitrogens with one attached hydrogen (secondary N) is 1. The second kappa shape index (κ2) is 6.22. The van der Waals surface area contributed by atoms with Gasteiger partial charge in [0.1, 0.15) is 5.66 Å². The number of benzene rings is 1. The van der Waals surface area contributed by atoms with E-state index in [4.69, 9.17) is 0 Å². The van der Waals surface area contributed by atoms with Crippen molar-refractivity contribution in [1.29, 1.82) is 0 Å². The highest BCUT2D eigenvalue weighted by Crippen LogP contribution is 2.42. The molecule has 2 saturated heterocycles. The van der Waals surface area contributed by atoms with Crippen LogP contribution >= 0.6 is 11.3 Å². The van der Waals surface area contributed by atoms with Crippen molar-refractivity contribution in [3.8, 4) is 0 Å². The third-order valence-electron chi connectivity index (χ3n) is 6.45. The minimum atomic E-state index is -0.658. The van der Waals surface area contributed by atoms with Crippen LogP contribution in [0.25, 0.3) is 10.2 Å². The topological polar surface area (TPSA) is 62.3 Å². The number of carbonyl (C=O) groups is 2. The first kappa shape index (κ1) is 16.5. The molecular weight excluding hydrogens is 346 g/mol. The summed E-state index contributed by atoms with van der Waals surface area (Å²) in [5, 5.41) is 4.18. The maximum atomic E-state index is 13.1. The molecule has 1 N–H and O–H groups in total. The average Bonchev–Trinajstić information content (AvgIpc) is 3.22. The van der Waals surface area contributed by atoms with Gasteiger partial charge in [-0.1, -0.05) is 25.0 Å². The van der Waals surface area contributed by atoms with Crippen LogP contribution in [0.4, 0.5) is 0 Å². The number of thiazole rings is 1. The SMILES string of the molecule is O=C[C@@]1(N2CCC2C(=O)c2nc3ccccc3s2)CC2CCCCC2N1. The first-order chi connectivity index (χ1) is 12.7. The molecule has 0 bridgehead atoms. The number of Topliss-reactive ketones (excluding diaryl/α,β-unsaturated/α-hetero) is 1. The van der Waals surface area contributed by atoms with Crippen molar-refractivity contribution in [3.05, 3.63) is 29.3 Å². The van der Waals surface area contributed by atoms with Crippen LogP contribution in [-0.4, -0.2) is 46.2 Å². The van der Waals surface area contributed by atoms with Crippen LogP contribution in [0.3, 0.4) is 0 Å². The summed E-state index contributed by atoms with van der Waals surface area (Å²) < 4.78 is 1.04. The van der Waals surface area contributed by atoms with Gasteiger partial charge in [-0.15, -0.1) is 11.3 Å². The van der Waals surface area contributed by atoms with Gasteiger partial charge < -0.3 is 0 Å². The largest absolute Gasteiger partial charge is 0.300 e. The molecule has 6 heteroatoms. The fraction of sp³-hybridized carbons (Fsp3) is 0.550. The third-order valence-corrected chi connectivity index (χ3v) is 7.50. The first-order valence-corrected chi connectivity index (χ1v) is 10.4. The number of carbonyl (C=O) groups excluding carboxylic acids is 2. The Labute approximate surface area is 156 Å². The van der Waals surface area contributed by atoms with Gasteiger partial charge in [-0.25, -0.2) is 4.98 Å². The fourth-order valence-corrected chi connectivity index (χ4v) is 5.98. The quantitative estimate of drug-likeness (QED) is 0.663. The molecule has 3 unspecified atom stereocenters. The summed E-state index contributed by atoms with van der Waals surface area (Å²) in [6.07, 6.45) is 7.53. The third kappa shape index (κ3) is 2.47. The summed E-state index contributed by atoms with van der Waals surface area (Å²) in [6, 6.07) is 8.05. The summed E-state index contributed by atoms with van der Waals surface area (Å²) in [5.41, 5.74) is 0.219. The Balaban J connectivity index is 1.40. The number of hydrogen-bond donors (Lipinski definition) is 1. The van der Waals surface area contributed by atoms with Crippen molar-refractivity contribution in [3.63, 3.8) is 0 Å². The molecule has 1 aromatic carbocycles. The molecule has 2 aromatic rings. The Kier molecular flexibility index (Phi) is 3.95. The average molecular weight is 369 g/mol. The molecule has 0 spiro atoms. The summed E-state index contributed by atoms with van der Waals surface area (Å²) >= 11 is 1.46. The van der Waals surface area contributed by atoms with Crippen LogP contribution in [0, 0.1) is 5.92 Å². The molecule has 5 rings (SSSR count). The molecule has 3 heterocycles. The van der Waals surface area contributed by atoms with E-state index in [9.17, 15) is 9.59 Å². The van der Waals surface area contributed by atoms with Crippen molar-refractivity contribution in [1.82, 2.24) is 15.2 Å². The smallest absolute Gasteiger partial charge is 0.208 e. The molecule has 136 valence electrons. The number of rotatable bonds is 4. The lowest BCUT2D eigenvalue weighted by atomic mass is 9.83. The number of aldehydes is 1. The number of para-hydroxylation sites is 1. The van der Waals surface area contributed by atoms with E-state index in [1.807, 2.05) is 24.3 Å². The van der Waals surface area contributed by atoms with Gasteiger partial charge in [0.25, 0.3) is 0 Å². The van der Waals surface area contributed by atoms with Crippen molar-refractivity contribution in [2.45, 2.75) is 56.3 Å². The van der Waals surface area contributed by atoms with E-state index in [1.165, 1.54) is 30.6 Å². The van der Waals surface area contributed by atoms with Crippen LogP contribution in [0.15, 0.2) is 24.3 Å². The van der Waals surface area contributed by atoms with E-state index in [0.717, 1.165) is 42.3 Å². The monoisotopic (exact) mass is 369 g/mol. The minimum Gasteiger partial charge on any atom is -0.300 e. The standard InChI is InChI=1S/C20H23N3O2S/c24-12-20(11-13-5-1-2-6-14(13)22-20)23-10-9-16(23)18(25)19-21-15-7-3-4-8-17(15)26-19/h3-4,7-8,12-14,16,22H,1-2,5-6,9-11H2/t13?,14?,16?,20-/m0/s1. The molecule has 0 amide bonds. The highest BCUT2D eigenvalue weighted by atomic mass is 32.1. The number of likely N-dealkylation sites (tertiary alicyclic amines) is 1. The van der Waals surface area contributed by atoms with E-state index in [1.54, 1.807) is 0 Å². The van der Waals surface area contributed by atoms with E-state index >= 15 is 0 Å². The maximum Gasteiger partial charge on any atom is 0.208 e. The van der Waals surface area contributed by atoms with E-state index in [-0.39, 0.29) is 11.8 Å². The summed E-state index contributed by atoms with van der Waals surface area (Å²) in [6.45, 7) is 0.798. The van der Waals surface area contributed by atoms with E-state index in [2.05, 4.69) is 15.2 Å². The fourth-order valence-electron chi connectivity index (χ4n) is 5.03. The van der Waals surface area contributed by atoms with Crippen LogP contribution in [0.5, 0.6) is 0 Å². The predicted octanol–water partition coefficient (Wildman–Crippen LogP) is 3.00. The zero-order valence-electron chi connectivity index (χ0n) is 14.7. The number of aromatic nitrogens is 1. The van der Waals surface area contributed by atoms with Crippen LogP contribution in [0.2, 0.25) is 0 Å². The zero-order valence-corrected chi connectivity index (χ0v) is 15.5. The number of fused-ring (bicyclic) bond motifs is 2. The summed E-state index contributed by atoms with van der Waals surface area (Å²) in [4.78, 5) is 31.9. The lowest BCUT2D eigenvalue weighted by molar-refractivity contribution is -0.126. The van der Waals surface area contributed by atoms with Gasteiger partial charge in [0.15, 0.2) is 11.3 Å². The lowest BCUT2D eigenvalue weighted by Gasteiger charge is -2.49. The number of ketones is 1. The molecule has 3 aliphatic rings. The summed E-state index contributed by atoms with van der Waals surface area (Å²) in [5.74, 6) is 0.628.